The lowest BCUT2D eigenvalue weighted by Crippen LogP contribution is -2.42. The van der Waals surface area contributed by atoms with Crippen LogP contribution in [0.15, 0.2) is 72.8 Å². The number of fused-ring (bicyclic) bond motifs is 3. The van der Waals surface area contributed by atoms with E-state index >= 15 is 0 Å². The molecule has 1 saturated carbocycles. The molecule has 0 saturated heterocycles. The number of hydroxylamine groups is 1. The number of nitrogens with one attached hydrogen (secondary N) is 2. The highest BCUT2D eigenvalue weighted by Gasteiger charge is 2.30. The summed E-state index contributed by atoms with van der Waals surface area (Å²) < 4.78 is 5.51. The van der Waals surface area contributed by atoms with Gasteiger partial charge in [0.05, 0.1) is 6.10 Å². The zero-order valence-corrected chi connectivity index (χ0v) is 21.6. The van der Waals surface area contributed by atoms with Gasteiger partial charge in [-0.3, -0.25) is 9.63 Å². The molecule has 1 atom stereocenters. The summed E-state index contributed by atoms with van der Waals surface area (Å²) in [5.41, 5.74) is 7.97. The minimum atomic E-state index is -1.19. The Bertz CT molecular complexity index is 1290. The minimum absolute atomic E-state index is 0.0417. The van der Waals surface area contributed by atoms with Gasteiger partial charge in [-0.15, -0.1) is 0 Å². The van der Waals surface area contributed by atoms with Crippen LogP contribution in [0.2, 0.25) is 0 Å². The maximum atomic E-state index is 12.6. The number of hydrogen-bond donors (Lipinski definition) is 3. The Labute approximate surface area is 227 Å². The quantitative estimate of drug-likeness (QED) is 0.329. The molecule has 202 valence electrons. The molecule has 0 bridgehead atoms. The summed E-state index contributed by atoms with van der Waals surface area (Å²) in [6.07, 6.45) is 4.57. The molecule has 1 fully saturated rings. The number of ether oxygens (including phenoxy) is 1. The highest BCUT2D eigenvalue weighted by atomic mass is 16.7. The molecule has 0 aliphatic heterocycles. The molecule has 0 aromatic heterocycles. The molecule has 5 rings (SSSR count). The van der Waals surface area contributed by atoms with Crippen LogP contribution in [0.4, 0.5) is 4.79 Å². The van der Waals surface area contributed by atoms with E-state index in [0.29, 0.717) is 11.1 Å². The Kier molecular flexibility index (Phi) is 8.22. The average molecular weight is 529 g/mol. The van der Waals surface area contributed by atoms with Crippen molar-refractivity contribution in [1.82, 2.24) is 10.8 Å². The summed E-state index contributed by atoms with van der Waals surface area (Å²) >= 11 is 0. The monoisotopic (exact) mass is 528 g/mol. The number of hydrogen-bond acceptors (Lipinski definition) is 5. The Balaban J connectivity index is 1.15. The van der Waals surface area contributed by atoms with Gasteiger partial charge in [0.25, 0.3) is 5.91 Å². The van der Waals surface area contributed by atoms with Gasteiger partial charge >= 0.3 is 12.1 Å². The van der Waals surface area contributed by atoms with Crippen LogP contribution >= 0.6 is 0 Å². The van der Waals surface area contributed by atoms with E-state index in [2.05, 4.69) is 10.8 Å². The maximum Gasteiger partial charge on any atom is 0.407 e. The number of carbonyl (C=O) groups excluding carboxylic acids is 2. The Morgan fingerprint density at radius 1 is 0.846 bits per heavy atom. The van der Waals surface area contributed by atoms with Gasteiger partial charge < -0.3 is 15.2 Å². The van der Waals surface area contributed by atoms with E-state index in [-0.39, 0.29) is 31.0 Å². The standard InChI is InChI=1S/C31H32N2O6/c34-29(33-39-22-8-2-1-3-9-22)21-16-14-20(15-17-21)18-28(30(35)36)32-31(37)38-19-27-25-12-6-4-10-23(25)24-11-5-7-13-26(24)27/h4-7,10-17,22,27-28H,1-3,8-9,18-19H2,(H,32,37)(H,33,34)(H,35,36)/t28-/m0/s1. The van der Waals surface area contributed by atoms with E-state index < -0.39 is 18.1 Å². The molecule has 2 aliphatic carbocycles. The summed E-state index contributed by atoms with van der Waals surface area (Å²) in [5.74, 6) is -1.64. The third kappa shape index (κ3) is 6.29. The molecule has 2 aliphatic rings. The number of carboxylic acid groups (broad SMARTS) is 1. The highest BCUT2D eigenvalue weighted by molar-refractivity contribution is 5.93. The van der Waals surface area contributed by atoms with Gasteiger partial charge in [-0.25, -0.2) is 15.1 Å². The number of benzene rings is 3. The number of alkyl carbamates (subject to hydrolysis) is 1. The predicted octanol–water partition coefficient (Wildman–Crippen LogP) is 5.22. The van der Waals surface area contributed by atoms with Crippen molar-refractivity contribution in [3.05, 3.63) is 95.1 Å². The Hall–Kier alpha value is -4.17. The second-order valence-corrected chi connectivity index (χ2v) is 10.1. The molecular formula is C31H32N2O6. The molecule has 3 aromatic rings. The van der Waals surface area contributed by atoms with Crippen LogP contribution in [-0.2, 0) is 20.8 Å². The van der Waals surface area contributed by atoms with Gasteiger partial charge in [0.15, 0.2) is 0 Å². The molecule has 0 radical (unpaired) electrons. The van der Waals surface area contributed by atoms with Crippen molar-refractivity contribution >= 4 is 18.0 Å². The number of carbonyl (C=O) groups is 3. The zero-order chi connectivity index (χ0) is 27.2. The fourth-order valence-corrected chi connectivity index (χ4v) is 5.39. The van der Waals surface area contributed by atoms with E-state index in [1.807, 2.05) is 48.5 Å². The second-order valence-electron chi connectivity index (χ2n) is 10.1. The number of carboxylic acids is 1. The fourth-order valence-electron chi connectivity index (χ4n) is 5.39. The van der Waals surface area contributed by atoms with E-state index in [1.54, 1.807) is 24.3 Å². The first kappa shape index (κ1) is 26.4. The van der Waals surface area contributed by atoms with Crippen molar-refractivity contribution in [3.8, 4) is 11.1 Å². The molecule has 3 N–H and O–H groups in total. The Morgan fingerprint density at radius 2 is 1.46 bits per heavy atom. The molecule has 0 spiro atoms. The summed E-state index contributed by atoms with van der Waals surface area (Å²) in [7, 11) is 0. The average Bonchev–Trinajstić information content (AvgIpc) is 3.29. The maximum absolute atomic E-state index is 12.6. The second kappa shape index (κ2) is 12.1. The molecule has 2 amide bonds. The molecule has 39 heavy (non-hydrogen) atoms. The lowest BCUT2D eigenvalue weighted by Gasteiger charge is -2.21. The van der Waals surface area contributed by atoms with Crippen molar-refractivity contribution in [3.63, 3.8) is 0 Å². The van der Waals surface area contributed by atoms with Crippen LogP contribution in [0.3, 0.4) is 0 Å². The van der Waals surface area contributed by atoms with Crippen molar-refractivity contribution < 1.29 is 29.1 Å². The highest BCUT2D eigenvalue weighted by Crippen LogP contribution is 2.44. The van der Waals surface area contributed by atoms with Gasteiger partial charge in [-0.05, 0) is 52.8 Å². The number of aliphatic carboxylic acids is 1. The van der Waals surface area contributed by atoms with E-state index in [4.69, 9.17) is 9.57 Å². The van der Waals surface area contributed by atoms with Crippen LogP contribution in [0, 0.1) is 0 Å². The minimum Gasteiger partial charge on any atom is -0.480 e. The lowest BCUT2D eigenvalue weighted by molar-refractivity contribution is -0.139. The largest absolute Gasteiger partial charge is 0.480 e. The van der Waals surface area contributed by atoms with Crippen LogP contribution in [-0.4, -0.2) is 41.8 Å². The van der Waals surface area contributed by atoms with Crippen LogP contribution in [0.25, 0.3) is 11.1 Å². The van der Waals surface area contributed by atoms with Gasteiger partial charge in [-0.2, -0.15) is 0 Å². The first-order valence-electron chi connectivity index (χ1n) is 13.4. The molecule has 0 heterocycles. The predicted molar refractivity (Wildman–Crippen MR) is 145 cm³/mol. The SMILES string of the molecule is O=C(N[C@@H](Cc1ccc(C(=O)NOC2CCCCC2)cc1)C(=O)O)OCC1c2ccccc2-c2ccccc21. The number of rotatable bonds is 9. The molecule has 3 aromatic carbocycles. The van der Waals surface area contributed by atoms with Crippen molar-refractivity contribution in [2.24, 2.45) is 0 Å². The van der Waals surface area contributed by atoms with E-state index in [9.17, 15) is 19.5 Å². The first-order chi connectivity index (χ1) is 19.0. The summed E-state index contributed by atoms with van der Waals surface area (Å²) in [5, 5.41) is 12.2. The third-order valence-corrected chi connectivity index (χ3v) is 7.46. The van der Waals surface area contributed by atoms with Crippen molar-refractivity contribution in [1.29, 1.82) is 0 Å². The summed E-state index contributed by atoms with van der Waals surface area (Å²) in [4.78, 5) is 42.4. The van der Waals surface area contributed by atoms with Gasteiger partial charge in [0, 0.05) is 17.9 Å². The molecule has 0 unspecified atom stereocenters. The number of amides is 2. The third-order valence-electron chi connectivity index (χ3n) is 7.46. The normalized spacial score (nSPS) is 15.6. The van der Waals surface area contributed by atoms with E-state index in [0.717, 1.165) is 47.9 Å². The molecule has 8 heteroatoms. The van der Waals surface area contributed by atoms with Crippen LogP contribution in [0.1, 0.15) is 65.1 Å². The topological polar surface area (TPSA) is 114 Å². The summed E-state index contributed by atoms with van der Waals surface area (Å²) in [6.45, 7) is 0.0962. The molecular weight excluding hydrogens is 496 g/mol. The van der Waals surface area contributed by atoms with Crippen LogP contribution in [0.5, 0.6) is 0 Å². The molecule has 8 nitrogen and oxygen atoms in total. The zero-order valence-electron chi connectivity index (χ0n) is 21.6. The van der Waals surface area contributed by atoms with Gasteiger partial charge in [0.1, 0.15) is 12.6 Å². The summed E-state index contributed by atoms with van der Waals surface area (Å²) in [6, 6.07) is 21.4. The van der Waals surface area contributed by atoms with Crippen LogP contribution < -0.4 is 10.8 Å². The van der Waals surface area contributed by atoms with E-state index in [1.165, 1.54) is 6.42 Å². The van der Waals surface area contributed by atoms with Crippen molar-refractivity contribution in [2.75, 3.05) is 6.61 Å². The van der Waals surface area contributed by atoms with Gasteiger partial charge in [-0.1, -0.05) is 79.9 Å². The van der Waals surface area contributed by atoms with Crippen molar-refractivity contribution in [2.45, 2.75) is 56.6 Å². The Morgan fingerprint density at radius 3 is 2.08 bits per heavy atom. The first-order valence-corrected chi connectivity index (χ1v) is 13.4. The lowest BCUT2D eigenvalue weighted by atomic mass is 9.98. The smallest absolute Gasteiger partial charge is 0.407 e. The fraction of sp³-hybridized carbons (Fsp3) is 0.323. The van der Waals surface area contributed by atoms with Gasteiger partial charge in [0.2, 0.25) is 0 Å².